The van der Waals surface area contributed by atoms with Crippen LogP contribution in [0.15, 0.2) is 22.6 Å². The van der Waals surface area contributed by atoms with Crippen molar-refractivity contribution < 1.29 is 4.42 Å². The maximum Gasteiger partial charge on any atom is 0.212 e. The van der Waals surface area contributed by atoms with E-state index in [0.29, 0.717) is 6.04 Å². The van der Waals surface area contributed by atoms with Crippen molar-refractivity contribution in [3.05, 3.63) is 29.7 Å². The lowest BCUT2D eigenvalue weighted by Crippen LogP contribution is -2.12. The molecule has 1 atom stereocenters. The summed E-state index contributed by atoms with van der Waals surface area (Å²) in [7, 11) is 0. The number of hydrogen-bond acceptors (Lipinski definition) is 3. The number of nitrogens with one attached hydrogen (secondary N) is 1. The number of aromatic nitrogens is 1. The summed E-state index contributed by atoms with van der Waals surface area (Å²) in [5.41, 5.74) is 3.09. The van der Waals surface area contributed by atoms with E-state index in [-0.39, 0.29) is 0 Å². The molecule has 0 bridgehead atoms. The van der Waals surface area contributed by atoms with Gasteiger partial charge in [-0.3, -0.25) is 0 Å². The number of aryl methyl sites for hydroxylation is 1. The Morgan fingerprint density at radius 3 is 3.20 bits per heavy atom. The van der Waals surface area contributed by atoms with E-state index in [1.165, 1.54) is 12.0 Å². The lowest BCUT2D eigenvalue weighted by molar-refractivity contribution is 0.452. The zero-order chi connectivity index (χ0) is 10.3. The van der Waals surface area contributed by atoms with Gasteiger partial charge in [0.1, 0.15) is 5.52 Å². The highest BCUT2D eigenvalue weighted by Gasteiger charge is 2.21. The molecular weight excluding hydrogens is 188 g/mol. The van der Waals surface area contributed by atoms with Gasteiger partial charge in [-0.15, -0.1) is 0 Å². The number of benzene rings is 1. The van der Waals surface area contributed by atoms with Crippen LogP contribution < -0.4 is 5.32 Å². The van der Waals surface area contributed by atoms with Gasteiger partial charge >= 0.3 is 0 Å². The molecule has 1 aliphatic heterocycles. The molecule has 3 nitrogen and oxygen atoms in total. The quantitative estimate of drug-likeness (QED) is 0.772. The van der Waals surface area contributed by atoms with Crippen molar-refractivity contribution in [1.29, 1.82) is 0 Å². The van der Waals surface area contributed by atoms with Crippen LogP contribution in [0.4, 0.5) is 0 Å². The summed E-state index contributed by atoms with van der Waals surface area (Å²) in [6.45, 7) is 3.14. The van der Waals surface area contributed by atoms with Crippen molar-refractivity contribution >= 4 is 11.1 Å². The second kappa shape index (κ2) is 3.35. The second-order valence-corrected chi connectivity index (χ2v) is 4.17. The SMILES string of the molecule is Cc1ccc2oc(C3CCCN3)nc2c1. The van der Waals surface area contributed by atoms with Crippen LogP contribution in [0.1, 0.15) is 30.3 Å². The molecule has 0 saturated carbocycles. The number of oxazole rings is 1. The third-order valence-corrected chi connectivity index (χ3v) is 2.92. The van der Waals surface area contributed by atoms with Gasteiger partial charge in [0.05, 0.1) is 6.04 Å². The van der Waals surface area contributed by atoms with Gasteiger partial charge in [-0.1, -0.05) is 6.07 Å². The van der Waals surface area contributed by atoms with Gasteiger partial charge in [-0.2, -0.15) is 0 Å². The van der Waals surface area contributed by atoms with Gasteiger partial charge in [-0.25, -0.2) is 4.98 Å². The molecule has 78 valence electrons. The van der Waals surface area contributed by atoms with Gasteiger partial charge in [0, 0.05) is 0 Å². The highest BCUT2D eigenvalue weighted by Crippen LogP contribution is 2.26. The predicted octanol–water partition coefficient (Wildman–Crippen LogP) is 2.56. The summed E-state index contributed by atoms with van der Waals surface area (Å²) in [5.74, 6) is 0.841. The average Bonchev–Trinajstić information content (AvgIpc) is 2.84. The third kappa shape index (κ3) is 1.53. The number of fused-ring (bicyclic) bond motifs is 1. The van der Waals surface area contributed by atoms with Crippen molar-refractivity contribution in [3.63, 3.8) is 0 Å². The minimum absolute atomic E-state index is 0.317. The average molecular weight is 202 g/mol. The smallest absolute Gasteiger partial charge is 0.212 e. The van der Waals surface area contributed by atoms with Crippen LogP contribution in [0.25, 0.3) is 11.1 Å². The second-order valence-electron chi connectivity index (χ2n) is 4.17. The first kappa shape index (κ1) is 8.92. The van der Waals surface area contributed by atoms with Crippen LogP contribution in [0.3, 0.4) is 0 Å². The monoisotopic (exact) mass is 202 g/mol. The maximum absolute atomic E-state index is 5.73. The molecule has 0 amide bonds. The Morgan fingerprint density at radius 1 is 1.47 bits per heavy atom. The van der Waals surface area contributed by atoms with Crippen LogP contribution in [0, 0.1) is 6.92 Å². The van der Waals surface area contributed by atoms with Gasteiger partial charge in [-0.05, 0) is 44.0 Å². The predicted molar refractivity (Wildman–Crippen MR) is 58.7 cm³/mol. The molecule has 0 aliphatic carbocycles. The lowest BCUT2D eigenvalue weighted by atomic mass is 10.2. The standard InChI is InChI=1S/C12H14N2O/c1-8-4-5-11-10(7-8)14-12(15-11)9-3-2-6-13-9/h4-5,7,9,13H,2-3,6H2,1H3. The summed E-state index contributed by atoms with van der Waals surface area (Å²) >= 11 is 0. The largest absolute Gasteiger partial charge is 0.439 e. The molecule has 1 saturated heterocycles. The van der Waals surface area contributed by atoms with Crippen molar-refractivity contribution in [2.24, 2.45) is 0 Å². The number of nitrogens with zero attached hydrogens (tertiary/aromatic N) is 1. The van der Waals surface area contributed by atoms with Crippen LogP contribution in [0.2, 0.25) is 0 Å². The maximum atomic E-state index is 5.73. The Hall–Kier alpha value is -1.35. The zero-order valence-corrected chi connectivity index (χ0v) is 8.79. The first-order valence-electron chi connectivity index (χ1n) is 5.43. The van der Waals surface area contributed by atoms with E-state index >= 15 is 0 Å². The van der Waals surface area contributed by atoms with E-state index in [0.717, 1.165) is 30.0 Å². The number of hydrogen-bond donors (Lipinski definition) is 1. The van der Waals surface area contributed by atoms with Crippen LogP contribution in [0.5, 0.6) is 0 Å². The van der Waals surface area contributed by atoms with Gasteiger partial charge in [0.15, 0.2) is 5.58 Å². The normalized spacial score (nSPS) is 21.3. The van der Waals surface area contributed by atoms with Gasteiger partial charge in [0.25, 0.3) is 0 Å². The molecule has 1 unspecified atom stereocenters. The lowest BCUT2D eigenvalue weighted by Gasteiger charge is -2.02. The van der Waals surface area contributed by atoms with E-state index in [1.807, 2.05) is 6.07 Å². The summed E-state index contributed by atoms with van der Waals surface area (Å²) < 4.78 is 5.73. The molecule has 1 N–H and O–H groups in total. The summed E-state index contributed by atoms with van der Waals surface area (Å²) in [6, 6.07) is 6.44. The fourth-order valence-electron chi connectivity index (χ4n) is 2.10. The van der Waals surface area contributed by atoms with Crippen molar-refractivity contribution in [1.82, 2.24) is 10.3 Å². The molecule has 3 rings (SSSR count). The summed E-state index contributed by atoms with van der Waals surface area (Å²) in [4.78, 5) is 4.53. The Balaban J connectivity index is 2.05. The van der Waals surface area contributed by atoms with Crippen molar-refractivity contribution in [3.8, 4) is 0 Å². The molecular formula is C12H14N2O. The minimum atomic E-state index is 0.317. The minimum Gasteiger partial charge on any atom is -0.439 e. The molecule has 0 radical (unpaired) electrons. The van der Waals surface area contributed by atoms with E-state index in [9.17, 15) is 0 Å². The molecule has 2 aromatic rings. The first-order chi connectivity index (χ1) is 7.33. The highest BCUT2D eigenvalue weighted by molar-refractivity contribution is 5.73. The molecule has 0 spiro atoms. The van der Waals surface area contributed by atoms with Crippen LogP contribution >= 0.6 is 0 Å². The number of rotatable bonds is 1. The fraction of sp³-hybridized carbons (Fsp3) is 0.417. The molecule has 1 fully saturated rings. The molecule has 1 aliphatic rings. The topological polar surface area (TPSA) is 38.1 Å². The molecule has 2 heterocycles. The third-order valence-electron chi connectivity index (χ3n) is 2.92. The Morgan fingerprint density at radius 2 is 2.40 bits per heavy atom. The van der Waals surface area contributed by atoms with Crippen LogP contribution in [-0.2, 0) is 0 Å². The van der Waals surface area contributed by atoms with Crippen molar-refractivity contribution in [2.75, 3.05) is 6.54 Å². The first-order valence-corrected chi connectivity index (χ1v) is 5.43. The van der Waals surface area contributed by atoms with E-state index in [4.69, 9.17) is 4.42 Å². The summed E-state index contributed by atoms with van der Waals surface area (Å²) in [5, 5.41) is 3.39. The molecule has 15 heavy (non-hydrogen) atoms. The van der Waals surface area contributed by atoms with Crippen LogP contribution in [-0.4, -0.2) is 11.5 Å². The zero-order valence-electron chi connectivity index (χ0n) is 8.79. The van der Waals surface area contributed by atoms with Gasteiger partial charge < -0.3 is 9.73 Å². The molecule has 1 aromatic carbocycles. The molecule has 1 aromatic heterocycles. The van der Waals surface area contributed by atoms with E-state index < -0.39 is 0 Å². The Bertz CT molecular complexity index is 483. The van der Waals surface area contributed by atoms with Gasteiger partial charge in [0.2, 0.25) is 5.89 Å². The fourth-order valence-corrected chi connectivity index (χ4v) is 2.10. The van der Waals surface area contributed by atoms with Crippen molar-refractivity contribution in [2.45, 2.75) is 25.8 Å². The molecule has 3 heteroatoms. The van der Waals surface area contributed by atoms with E-state index in [2.05, 4.69) is 29.4 Å². The van der Waals surface area contributed by atoms with E-state index in [1.54, 1.807) is 0 Å². The summed E-state index contributed by atoms with van der Waals surface area (Å²) in [6.07, 6.45) is 2.34. The highest BCUT2D eigenvalue weighted by atomic mass is 16.3. The Labute approximate surface area is 88.5 Å². The Kier molecular flexibility index (Phi) is 1.99.